The molecule has 0 saturated heterocycles. The predicted molar refractivity (Wildman–Crippen MR) is 80.9 cm³/mol. The molecule has 0 spiro atoms. The Balaban J connectivity index is 2.34. The van der Waals surface area contributed by atoms with Gasteiger partial charge in [-0.1, -0.05) is 29.3 Å². The molecule has 0 radical (unpaired) electrons. The van der Waals surface area contributed by atoms with Crippen LogP contribution in [0.1, 0.15) is 24.3 Å². The average molecular weight is 331 g/mol. The van der Waals surface area contributed by atoms with E-state index in [9.17, 15) is 5.11 Å². The molecule has 2 aromatic rings. The van der Waals surface area contributed by atoms with Gasteiger partial charge in [0.05, 0.1) is 17.8 Å². The number of aliphatic hydroxyl groups excluding tert-OH is 1. The Bertz CT molecular complexity index is 616. The Morgan fingerprint density at radius 3 is 2.71 bits per heavy atom. The normalized spacial score (nSPS) is 12.4. The van der Waals surface area contributed by atoms with Gasteiger partial charge in [-0.3, -0.25) is 0 Å². The number of nitrogens with zero attached hydrogens (tertiary/aromatic N) is 2. The van der Waals surface area contributed by atoms with Gasteiger partial charge in [-0.2, -0.15) is 5.10 Å². The van der Waals surface area contributed by atoms with Gasteiger partial charge in [-0.15, -0.1) is 0 Å². The summed E-state index contributed by atoms with van der Waals surface area (Å²) < 4.78 is 12.0. The third-order valence-electron chi connectivity index (χ3n) is 3.04. The second-order valence-electron chi connectivity index (χ2n) is 4.27. The van der Waals surface area contributed by atoms with Crippen molar-refractivity contribution in [3.8, 4) is 5.75 Å². The molecule has 1 aromatic carbocycles. The minimum absolute atomic E-state index is 0.257. The molecule has 1 aromatic heterocycles. The maximum Gasteiger partial charge on any atom is 0.139 e. The van der Waals surface area contributed by atoms with E-state index in [1.807, 2.05) is 6.92 Å². The van der Waals surface area contributed by atoms with E-state index < -0.39 is 6.10 Å². The maximum absolute atomic E-state index is 10.5. The second kappa shape index (κ2) is 7.13. The molecule has 1 heterocycles. The molecule has 0 bridgehead atoms. The minimum atomic E-state index is -0.955. The monoisotopic (exact) mass is 330 g/mol. The fourth-order valence-electron chi connectivity index (χ4n) is 1.94. The van der Waals surface area contributed by atoms with E-state index in [0.29, 0.717) is 23.6 Å². The van der Waals surface area contributed by atoms with Gasteiger partial charge in [0.1, 0.15) is 23.6 Å². The van der Waals surface area contributed by atoms with Crippen LogP contribution in [-0.4, -0.2) is 28.6 Å². The van der Waals surface area contributed by atoms with Gasteiger partial charge >= 0.3 is 0 Å². The molecular weight excluding hydrogens is 315 g/mol. The summed E-state index contributed by atoms with van der Waals surface area (Å²) in [4.78, 5) is 0. The van der Waals surface area contributed by atoms with Gasteiger partial charge in [-0.05, 0) is 19.1 Å². The topological polar surface area (TPSA) is 56.5 Å². The molecule has 0 aliphatic carbocycles. The number of methoxy groups -OCH3 is 1. The molecule has 1 unspecified atom stereocenters. The van der Waals surface area contributed by atoms with Gasteiger partial charge in [0.2, 0.25) is 0 Å². The first-order chi connectivity index (χ1) is 10.1. The first-order valence-electron chi connectivity index (χ1n) is 6.39. The average Bonchev–Trinajstić information content (AvgIpc) is 2.95. The van der Waals surface area contributed by atoms with Crippen LogP contribution in [0.25, 0.3) is 0 Å². The molecule has 2 rings (SSSR count). The summed E-state index contributed by atoms with van der Waals surface area (Å²) in [7, 11) is 1.50. The number of aliphatic hydroxyl groups is 1. The fourth-order valence-corrected chi connectivity index (χ4v) is 2.44. The van der Waals surface area contributed by atoms with E-state index in [0.717, 1.165) is 0 Å². The first-order valence-corrected chi connectivity index (χ1v) is 7.15. The van der Waals surface area contributed by atoms with E-state index in [-0.39, 0.29) is 16.8 Å². The summed E-state index contributed by atoms with van der Waals surface area (Å²) in [6.45, 7) is 2.71. The molecule has 0 fully saturated rings. The van der Waals surface area contributed by atoms with Gasteiger partial charge in [-0.25, -0.2) is 4.68 Å². The number of ether oxygens (including phenoxy) is 2. The summed E-state index contributed by atoms with van der Waals surface area (Å²) in [5.41, 5.74) is 1.06. The molecule has 0 amide bonds. The molecule has 0 aliphatic rings. The fraction of sp³-hybridized carbons (Fsp3) is 0.357. The van der Waals surface area contributed by atoms with E-state index in [1.165, 1.54) is 7.11 Å². The summed E-state index contributed by atoms with van der Waals surface area (Å²) in [5, 5.41) is 15.2. The SMILES string of the molecule is CCOCn1nccc1C(O)c1ccc(OC)c(Cl)c1Cl. The van der Waals surface area contributed by atoms with Gasteiger partial charge in [0.25, 0.3) is 0 Å². The number of hydrogen-bond donors (Lipinski definition) is 1. The molecule has 21 heavy (non-hydrogen) atoms. The number of hydrogen-bond acceptors (Lipinski definition) is 4. The van der Waals surface area contributed by atoms with Crippen LogP contribution in [-0.2, 0) is 11.5 Å². The highest BCUT2D eigenvalue weighted by Gasteiger charge is 2.21. The Morgan fingerprint density at radius 1 is 1.29 bits per heavy atom. The van der Waals surface area contributed by atoms with Crippen molar-refractivity contribution in [3.05, 3.63) is 45.7 Å². The van der Waals surface area contributed by atoms with E-state index >= 15 is 0 Å². The van der Waals surface area contributed by atoms with Crippen LogP contribution >= 0.6 is 23.2 Å². The molecule has 7 heteroatoms. The quantitative estimate of drug-likeness (QED) is 0.883. The largest absolute Gasteiger partial charge is 0.495 e. The van der Waals surface area contributed by atoms with Crippen molar-refractivity contribution < 1.29 is 14.6 Å². The molecule has 5 nitrogen and oxygen atoms in total. The van der Waals surface area contributed by atoms with Crippen molar-refractivity contribution >= 4 is 23.2 Å². The van der Waals surface area contributed by atoms with Crippen LogP contribution in [0.2, 0.25) is 10.0 Å². The van der Waals surface area contributed by atoms with Gasteiger partial charge < -0.3 is 14.6 Å². The van der Waals surface area contributed by atoms with Crippen LogP contribution in [0.5, 0.6) is 5.75 Å². The van der Waals surface area contributed by atoms with E-state index in [2.05, 4.69) is 5.10 Å². The summed E-state index contributed by atoms with van der Waals surface area (Å²) in [5.74, 6) is 0.459. The zero-order valence-corrected chi connectivity index (χ0v) is 13.2. The van der Waals surface area contributed by atoms with Crippen LogP contribution in [0.4, 0.5) is 0 Å². The van der Waals surface area contributed by atoms with Crippen molar-refractivity contribution in [2.45, 2.75) is 19.8 Å². The van der Waals surface area contributed by atoms with Crippen molar-refractivity contribution in [3.63, 3.8) is 0 Å². The summed E-state index contributed by atoms with van der Waals surface area (Å²) in [6, 6.07) is 5.05. The number of rotatable bonds is 6. The Kier molecular flexibility index (Phi) is 5.47. The van der Waals surface area contributed by atoms with E-state index in [1.54, 1.807) is 29.1 Å². The molecule has 0 aliphatic heterocycles. The lowest BCUT2D eigenvalue weighted by Gasteiger charge is -2.16. The van der Waals surface area contributed by atoms with E-state index in [4.69, 9.17) is 32.7 Å². The minimum Gasteiger partial charge on any atom is -0.495 e. The maximum atomic E-state index is 10.5. The van der Waals surface area contributed by atoms with Crippen molar-refractivity contribution in [2.24, 2.45) is 0 Å². The summed E-state index contributed by atoms with van der Waals surface area (Å²) in [6.07, 6.45) is 0.639. The molecule has 114 valence electrons. The standard InChI is InChI=1S/C14H16Cl2N2O3/c1-3-21-8-18-10(6-7-17-18)14(19)9-4-5-11(20-2)13(16)12(9)15/h4-7,14,19H,3,8H2,1-2H3. The van der Waals surface area contributed by atoms with Crippen LogP contribution in [0, 0.1) is 0 Å². The molecule has 1 N–H and O–H groups in total. The Morgan fingerprint density at radius 2 is 2.05 bits per heavy atom. The highest BCUT2D eigenvalue weighted by Crippen LogP contribution is 2.38. The number of aromatic nitrogens is 2. The highest BCUT2D eigenvalue weighted by molar-refractivity contribution is 6.43. The van der Waals surface area contributed by atoms with Crippen molar-refractivity contribution in [2.75, 3.05) is 13.7 Å². The Hall–Kier alpha value is -1.27. The predicted octanol–water partition coefficient (Wildman–Crippen LogP) is 3.27. The van der Waals surface area contributed by atoms with Crippen LogP contribution < -0.4 is 4.74 Å². The second-order valence-corrected chi connectivity index (χ2v) is 5.02. The van der Waals surface area contributed by atoms with Gasteiger partial charge in [0, 0.05) is 18.4 Å². The van der Waals surface area contributed by atoms with Crippen LogP contribution in [0.15, 0.2) is 24.4 Å². The third kappa shape index (κ3) is 3.32. The number of benzene rings is 1. The lowest BCUT2D eigenvalue weighted by molar-refractivity contribution is 0.0709. The highest BCUT2D eigenvalue weighted by atomic mass is 35.5. The smallest absolute Gasteiger partial charge is 0.139 e. The lowest BCUT2D eigenvalue weighted by atomic mass is 10.1. The summed E-state index contributed by atoms with van der Waals surface area (Å²) >= 11 is 12.3. The molecule has 0 saturated carbocycles. The van der Waals surface area contributed by atoms with Gasteiger partial charge in [0.15, 0.2) is 0 Å². The van der Waals surface area contributed by atoms with Crippen molar-refractivity contribution in [1.82, 2.24) is 9.78 Å². The van der Waals surface area contributed by atoms with Crippen molar-refractivity contribution in [1.29, 1.82) is 0 Å². The van der Waals surface area contributed by atoms with Crippen LogP contribution in [0.3, 0.4) is 0 Å². The molecule has 1 atom stereocenters. The third-order valence-corrected chi connectivity index (χ3v) is 3.92. The Labute approximate surface area is 133 Å². The molecular formula is C14H16Cl2N2O3. The first kappa shape index (κ1) is 16.1. The lowest BCUT2D eigenvalue weighted by Crippen LogP contribution is -2.12. The zero-order chi connectivity index (χ0) is 15.4. The zero-order valence-electron chi connectivity index (χ0n) is 11.7. The number of halogens is 2.